The lowest BCUT2D eigenvalue weighted by molar-refractivity contribution is -0.141. The molecule has 9 heteroatoms. The number of hydrogen-bond donors (Lipinski definition) is 3. The van der Waals surface area contributed by atoms with E-state index in [1.807, 2.05) is 0 Å². The van der Waals surface area contributed by atoms with Crippen LogP contribution in [-0.2, 0) is 6.18 Å². The zero-order valence-corrected chi connectivity index (χ0v) is 10.8. The molecule has 0 saturated carbocycles. The average Bonchev–Trinajstić information content (AvgIpc) is 2.39. The molecule has 5 nitrogen and oxygen atoms in total. The van der Waals surface area contributed by atoms with Gasteiger partial charge in [-0.05, 0) is 12.1 Å². The number of hydrogen-bond acceptors (Lipinski definition) is 6. The van der Waals surface area contributed by atoms with Crippen molar-refractivity contribution in [2.45, 2.75) is 29.9 Å². The van der Waals surface area contributed by atoms with Crippen LogP contribution in [0.15, 0.2) is 18.3 Å². The van der Waals surface area contributed by atoms with Crippen molar-refractivity contribution in [3.63, 3.8) is 0 Å². The highest BCUT2D eigenvalue weighted by Gasteiger charge is 2.38. The Morgan fingerprint density at radius 1 is 1.20 bits per heavy atom. The van der Waals surface area contributed by atoms with Gasteiger partial charge in [0.2, 0.25) is 0 Å². The van der Waals surface area contributed by atoms with Gasteiger partial charge in [-0.1, -0.05) is 0 Å². The molecular weight excluding hydrogens is 299 g/mol. The second kappa shape index (κ2) is 5.76. The SMILES string of the molecule is O[C@@H]1[C@@H](O)[C@@H](Oc2ccc(C(F)(F)F)nc2)SC[C@H]1O. The van der Waals surface area contributed by atoms with Gasteiger partial charge >= 0.3 is 6.18 Å². The Balaban J connectivity index is 2.03. The number of pyridine rings is 1. The second-order valence-corrected chi connectivity index (χ2v) is 5.38. The van der Waals surface area contributed by atoms with E-state index in [4.69, 9.17) is 4.74 Å². The van der Waals surface area contributed by atoms with Crippen LogP contribution in [0.3, 0.4) is 0 Å². The molecule has 0 unspecified atom stereocenters. The first-order valence-corrected chi connectivity index (χ1v) is 6.69. The molecule has 2 rings (SSSR count). The van der Waals surface area contributed by atoms with Crippen LogP contribution in [0.1, 0.15) is 5.69 Å². The molecule has 20 heavy (non-hydrogen) atoms. The Bertz CT molecular complexity index is 456. The van der Waals surface area contributed by atoms with Gasteiger partial charge in [0.15, 0.2) is 5.44 Å². The molecule has 0 amide bonds. The van der Waals surface area contributed by atoms with E-state index in [2.05, 4.69) is 4.98 Å². The topological polar surface area (TPSA) is 82.8 Å². The monoisotopic (exact) mass is 311 g/mol. The lowest BCUT2D eigenvalue weighted by Gasteiger charge is -2.34. The molecule has 2 heterocycles. The summed E-state index contributed by atoms with van der Waals surface area (Å²) in [5.74, 6) is 0.190. The zero-order valence-electron chi connectivity index (χ0n) is 9.99. The summed E-state index contributed by atoms with van der Waals surface area (Å²) in [4.78, 5) is 3.22. The van der Waals surface area contributed by atoms with E-state index in [0.717, 1.165) is 30.1 Å². The molecule has 0 aliphatic carbocycles. The summed E-state index contributed by atoms with van der Waals surface area (Å²) in [6.45, 7) is 0. The number of thioether (sulfide) groups is 1. The normalized spacial score (nSPS) is 31.1. The number of aliphatic hydroxyl groups excluding tert-OH is 3. The lowest BCUT2D eigenvalue weighted by Crippen LogP contribution is -2.50. The molecule has 1 aliphatic heterocycles. The molecular formula is C11H12F3NO4S. The van der Waals surface area contributed by atoms with Crippen LogP contribution in [0.5, 0.6) is 5.75 Å². The van der Waals surface area contributed by atoms with Crippen LogP contribution in [0.25, 0.3) is 0 Å². The minimum Gasteiger partial charge on any atom is -0.475 e. The number of ether oxygens (including phenoxy) is 1. The van der Waals surface area contributed by atoms with Crippen LogP contribution < -0.4 is 4.74 Å². The lowest BCUT2D eigenvalue weighted by atomic mass is 10.1. The summed E-state index contributed by atoms with van der Waals surface area (Å²) in [7, 11) is 0. The minimum atomic E-state index is -4.53. The molecule has 0 spiro atoms. The maximum absolute atomic E-state index is 12.3. The maximum Gasteiger partial charge on any atom is 0.433 e. The van der Waals surface area contributed by atoms with Crippen molar-refractivity contribution in [2.75, 3.05) is 5.75 Å². The molecule has 1 aromatic rings. The Morgan fingerprint density at radius 2 is 1.90 bits per heavy atom. The second-order valence-electron chi connectivity index (χ2n) is 4.25. The van der Waals surface area contributed by atoms with Gasteiger partial charge in [-0.15, -0.1) is 11.8 Å². The summed E-state index contributed by atoms with van der Waals surface area (Å²) in [5.41, 5.74) is -1.93. The third-order valence-corrected chi connectivity index (χ3v) is 3.97. The van der Waals surface area contributed by atoms with Crippen molar-refractivity contribution in [2.24, 2.45) is 0 Å². The van der Waals surface area contributed by atoms with E-state index in [1.165, 1.54) is 0 Å². The fraction of sp³-hybridized carbons (Fsp3) is 0.545. The van der Waals surface area contributed by atoms with Gasteiger partial charge in [-0.2, -0.15) is 13.2 Å². The van der Waals surface area contributed by atoms with Crippen molar-refractivity contribution in [3.05, 3.63) is 24.0 Å². The Kier molecular flexibility index (Phi) is 4.43. The molecule has 0 bridgehead atoms. The highest BCUT2D eigenvalue weighted by Crippen LogP contribution is 2.31. The number of halogens is 3. The molecule has 112 valence electrons. The van der Waals surface area contributed by atoms with Crippen molar-refractivity contribution in [1.29, 1.82) is 0 Å². The molecule has 1 aromatic heterocycles. The quantitative estimate of drug-likeness (QED) is 0.743. The van der Waals surface area contributed by atoms with E-state index in [0.29, 0.717) is 0 Å². The molecule has 4 atom stereocenters. The van der Waals surface area contributed by atoms with E-state index >= 15 is 0 Å². The molecule has 1 fully saturated rings. The molecule has 3 N–H and O–H groups in total. The first kappa shape index (κ1) is 15.4. The fourth-order valence-electron chi connectivity index (χ4n) is 1.63. The Hall–Kier alpha value is -1.03. The predicted molar refractivity (Wildman–Crippen MR) is 64.1 cm³/mol. The number of aromatic nitrogens is 1. The highest BCUT2D eigenvalue weighted by atomic mass is 32.2. The van der Waals surface area contributed by atoms with Crippen molar-refractivity contribution < 1.29 is 33.2 Å². The van der Waals surface area contributed by atoms with Gasteiger partial charge in [-0.3, -0.25) is 0 Å². The molecule has 0 aromatic carbocycles. The molecule has 1 saturated heterocycles. The molecule has 0 radical (unpaired) electrons. The minimum absolute atomic E-state index is 0.0399. The maximum atomic E-state index is 12.3. The smallest absolute Gasteiger partial charge is 0.433 e. The van der Waals surface area contributed by atoms with Gasteiger partial charge < -0.3 is 20.1 Å². The van der Waals surface area contributed by atoms with Gasteiger partial charge in [0.05, 0.1) is 12.3 Å². The van der Waals surface area contributed by atoms with Crippen LogP contribution in [-0.4, -0.2) is 49.8 Å². The summed E-state index contributed by atoms with van der Waals surface area (Å²) < 4.78 is 42.2. The van der Waals surface area contributed by atoms with Crippen LogP contribution in [0.4, 0.5) is 13.2 Å². The number of aliphatic hydroxyl groups is 3. The van der Waals surface area contributed by atoms with E-state index in [9.17, 15) is 28.5 Å². The van der Waals surface area contributed by atoms with E-state index in [-0.39, 0.29) is 11.5 Å². The first-order chi connectivity index (χ1) is 9.29. The van der Waals surface area contributed by atoms with Crippen LogP contribution in [0, 0.1) is 0 Å². The summed E-state index contributed by atoms with van der Waals surface area (Å²) in [6, 6.07) is 1.85. The zero-order chi connectivity index (χ0) is 14.9. The van der Waals surface area contributed by atoms with E-state index < -0.39 is 35.6 Å². The highest BCUT2D eigenvalue weighted by molar-refractivity contribution is 7.99. The van der Waals surface area contributed by atoms with Gasteiger partial charge in [-0.25, -0.2) is 4.98 Å². The largest absolute Gasteiger partial charge is 0.475 e. The van der Waals surface area contributed by atoms with E-state index in [1.54, 1.807) is 0 Å². The number of rotatable bonds is 2. The molecule has 1 aliphatic rings. The van der Waals surface area contributed by atoms with Gasteiger partial charge in [0.1, 0.15) is 23.7 Å². The summed E-state index contributed by atoms with van der Waals surface area (Å²) >= 11 is 1.06. The fourth-order valence-corrected chi connectivity index (χ4v) is 2.76. The average molecular weight is 311 g/mol. The predicted octanol–water partition coefficient (Wildman–Crippen LogP) is 0.635. The third kappa shape index (κ3) is 3.35. The summed E-state index contributed by atoms with van der Waals surface area (Å²) in [5, 5.41) is 28.5. The Morgan fingerprint density at radius 3 is 2.45 bits per heavy atom. The number of alkyl halides is 3. The van der Waals surface area contributed by atoms with Gasteiger partial charge in [0, 0.05) is 5.75 Å². The third-order valence-electron chi connectivity index (χ3n) is 2.73. The Labute approximate surface area is 116 Å². The van der Waals surface area contributed by atoms with Crippen molar-refractivity contribution >= 4 is 11.8 Å². The van der Waals surface area contributed by atoms with Crippen LogP contribution >= 0.6 is 11.8 Å². The number of nitrogens with zero attached hydrogens (tertiary/aromatic N) is 1. The first-order valence-electron chi connectivity index (χ1n) is 5.65. The summed E-state index contributed by atoms with van der Waals surface area (Å²) in [6.07, 6.45) is -7.40. The van der Waals surface area contributed by atoms with Crippen molar-refractivity contribution in [1.82, 2.24) is 4.98 Å². The standard InChI is InChI=1S/C11H12F3NO4S/c12-11(13,14)7-2-1-5(3-15-7)19-10-9(18)8(17)6(16)4-20-10/h1-3,6,8-10,16-18H,4H2/t6-,8+,9-,10+/m1/s1. The van der Waals surface area contributed by atoms with Crippen molar-refractivity contribution in [3.8, 4) is 5.75 Å². The van der Waals surface area contributed by atoms with Gasteiger partial charge in [0.25, 0.3) is 0 Å². The van der Waals surface area contributed by atoms with Crippen LogP contribution in [0.2, 0.25) is 0 Å².